The van der Waals surface area contributed by atoms with Gasteiger partial charge in [0.2, 0.25) is 0 Å². The van der Waals surface area contributed by atoms with Crippen LogP contribution >= 0.6 is 0 Å². The molecule has 0 aliphatic rings. The third kappa shape index (κ3) is 12.9. The fourth-order valence-corrected chi connectivity index (χ4v) is 0.941. The van der Waals surface area contributed by atoms with Crippen molar-refractivity contribution < 1.29 is 19.2 Å². The molecule has 0 heterocycles. The Morgan fingerprint density at radius 3 is 1.32 bits per heavy atom. The summed E-state index contributed by atoms with van der Waals surface area (Å²) in [6.07, 6.45) is 0.168. The van der Waals surface area contributed by atoms with Crippen molar-refractivity contribution in [1.29, 1.82) is 0 Å². The Balaban J connectivity index is 0. The van der Waals surface area contributed by atoms with Gasteiger partial charge in [-0.1, -0.05) is 34.6 Å². The molecule has 0 aromatic heterocycles. The first-order valence-electron chi connectivity index (χ1n) is 6.42. The van der Waals surface area contributed by atoms with Crippen molar-refractivity contribution in [3.05, 3.63) is 0 Å². The Labute approximate surface area is 116 Å². The Bertz CT molecular complexity index is 346. The molecule has 0 bridgehead atoms. The fourth-order valence-electron chi connectivity index (χ4n) is 0.941. The van der Waals surface area contributed by atoms with Crippen LogP contribution < -0.4 is 0 Å². The van der Waals surface area contributed by atoms with Gasteiger partial charge in [-0.05, 0) is 13.8 Å². The van der Waals surface area contributed by atoms with Crippen LogP contribution in [0.5, 0.6) is 0 Å². The van der Waals surface area contributed by atoms with Crippen LogP contribution in [-0.4, -0.2) is 23.1 Å². The highest BCUT2D eigenvalue weighted by Gasteiger charge is 2.21. The van der Waals surface area contributed by atoms with Crippen LogP contribution in [0.15, 0.2) is 0 Å². The summed E-state index contributed by atoms with van der Waals surface area (Å²) in [7, 11) is 0. The summed E-state index contributed by atoms with van der Waals surface area (Å²) in [5.41, 5.74) is -0.369. The second-order valence-electron chi connectivity index (χ2n) is 6.05. The zero-order valence-corrected chi connectivity index (χ0v) is 13.1. The van der Waals surface area contributed by atoms with Crippen molar-refractivity contribution >= 4 is 23.1 Å². The van der Waals surface area contributed by atoms with Crippen LogP contribution in [0.1, 0.15) is 61.3 Å². The maximum atomic E-state index is 11.1. The van der Waals surface area contributed by atoms with Crippen molar-refractivity contribution in [3.63, 3.8) is 0 Å². The zero-order valence-electron chi connectivity index (χ0n) is 13.1. The van der Waals surface area contributed by atoms with E-state index in [1.165, 1.54) is 13.8 Å². The number of Topliss-reactive ketones (excluding diaryl/α,β-unsaturated/α-hetero) is 4. The number of ketones is 4. The second kappa shape index (κ2) is 8.73. The van der Waals surface area contributed by atoms with Gasteiger partial charge in [-0.2, -0.15) is 0 Å². The Kier molecular flexibility index (Phi) is 9.19. The summed E-state index contributed by atoms with van der Waals surface area (Å²) in [6, 6.07) is 0. The minimum absolute atomic E-state index is 0.00565. The molecule has 0 N–H and O–H groups in total. The van der Waals surface area contributed by atoms with Crippen LogP contribution in [0.4, 0.5) is 0 Å². The summed E-state index contributed by atoms with van der Waals surface area (Å²) >= 11 is 0. The van der Waals surface area contributed by atoms with E-state index in [1.807, 2.05) is 20.8 Å². The summed E-state index contributed by atoms with van der Waals surface area (Å²) in [6.45, 7) is 11.9. The van der Waals surface area contributed by atoms with Gasteiger partial charge in [0.1, 0.15) is 23.1 Å². The second-order valence-corrected chi connectivity index (χ2v) is 6.05. The molecule has 0 radical (unpaired) electrons. The van der Waals surface area contributed by atoms with Crippen molar-refractivity contribution in [2.75, 3.05) is 0 Å². The molecule has 0 atom stereocenters. The lowest BCUT2D eigenvalue weighted by Crippen LogP contribution is -2.21. The van der Waals surface area contributed by atoms with Gasteiger partial charge in [-0.25, -0.2) is 0 Å². The predicted molar refractivity (Wildman–Crippen MR) is 74.9 cm³/mol. The number of hydrogen-bond donors (Lipinski definition) is 0. The molecule has 0 aliphatic carbocycles. The van der Waals surface area contributed by atoms with Gasteiger partial charge in [0.15, 0.2) is 0 Å². The Morgan fingerprint density at radius 1 is 0.842 bits per heavy atom. The molecule has 0 amide bonds. The molecule has 0 aromatic rings. The van der Waals surface area contributed by atoms with Crippen molar-refractivity contribution in [1.82, 2.24) is 0 Å². The molecule has 0 fully saturated rings. The van der Waals surface area contributed by atoms with Crippen LogP contribution in [-0.2, 0) is 19.2 Å². The lowest BCUT2D eigenvalue weighted by Gasteiger charge is -2.14. The van der Waals surface area contributed by atoms with E-state index in [-0.39, 0.29) is 47.3 Å². The molecule has 0 unspecified atom stereocenters. The maximum absolute atomic E-state index is 11.1. The van der Waals surface area contributed by atoms with Crippen LogP contribution in [0.2, 0.25) is 0 Å². The van der Waals surface area contributed by atoms with Crippen molar-refractivity contribution in [2.45, 2.75) is 61.3 Å². The molecular formula is C15H26O4. The van der Waals surface area contributed by atoms with Crippen LogP contribution in [0, 0.1) is 11.3 Å². The standard InChI is InChI=1S/C8H14O2.C7H12O2/c1-6(9)5-7(10)8(2,3)4;1-5(2)7(9)4-6(3)8/h5H2,1-4H3;5H,4H2,1-3H3. The van der Waals surface area contributed by atoms with E-state index in [0.29, 0.717) is 0 Å². The largest absolute Gasteiger partial charge is 0.300 e. The molecule has 0 aromatic carbocycles. The highest BCUT2D eigenvalue weighted by Crippen LogP contribution is 2.16. The highest BCUT2D eigenvalue weighted by molar-refractivity contribution is 6.00. The zero-order chi connectivity index (χ0) is 15.8. The normalized spacial score (nSPS) is 10.5. The smallest absolute Gasteiger partial charge is 0.145 e. The summed E-state index contributed by atoms with van der Waals surface area (Å²) in [5.74, 6) is -0.0648. The van der Waals surface area contributed by atoms with Crippen molar-refractivity contribution in [2.24, 2.45) is 11.3 Å². The molecule has 110 valence electrons. The number of carbonyl (C=O) groups excluding carboxylic acids is 4. The van der Waals surface area contributed by atoms with E-state index in [0.717, 1.165) is 0 Å². The average Bonchev–Trinajstić information content (AvgIpc) is 2.14. The topological polar surface area (TPSA) is 68.3 Å². The van der Waals surface area contributed by atoms with Gasteiger partial charge in [0, 0.05) is 11.3 Å². The van der Waals surface area contributed by atoms with E-state index in [2.05, 4.69) is 0 Å². The lowest BCUT2D eigenvalue weighted by atomic mass is 9.88. The summed E-state index contributed by atoms with van der Waals surface area (Å²) in [4.78, 5) is 42.6. The third-order valence-electron chi connectivity index (χ3n) is 2.31. The van der Waals surface area contributed by atoms with E-state index < -0.39 is 0 Å². The van der Waals surface area contributed by atoms with E-state index >= 15 is 0 Å². The first kappa shape index (κ1) is 20.0. The van der Waals surface area contributed by atoms with E-state index in [4.69, 9.17) is 0 Å². The minimum Gasteiger partial charge on any atom is -0.300 e. The molecule has 4 heteroatoms. The van der Waals surface area contributed by atoms with Crippen LogP contribution in [0.25, 0.3) is 0 Å². The molecular weight excluding hydrogens is 244 g/mol. The molecule has 0 saturated carbocycles. The van der Waals surface area contributed by atoms with Gasteiger partial charge in [0.05, 0.1) is 12.8 Å². The number of rotatable bonds is 5. The van der Waals surface area contributed by atoms with Gasteiger partial charge < -0.3 is 0 Å². The molecule has 4 nitrogen and oxygen atoms in total. The Morgan fingerprint density at radius 2 is 1.21 bits per heavy atom. The average molecular weight is 270 g/mol. The first-order chi connectivity index (χ1) is 8.37. The number of carbonyl (C=O) groups is 4. The van der Waals surface area contributed by atoms with Gasteiger partial charge in [-0.15, -0.1) is 0 Å². The summed E-state index contributed by atoms with van der Waals surface area (Å²) < 4.78 is 0. The lowest BCUT2D eigenvalue weighted by molar-refractivity contribution is -0.131. The SMILES string of the molecule is CC(=O)CC(=O)C(C)(C)C.CC(=O)CC(=O)C(C)C. The highest BCUT2D eigenvalue weighted by atomic mass is 16.2. The predicted octanol–water partition coefficient (Wildman–Crippen LogP) is 2.77. The minimum atomic E-state index is -0.369. The third-order valence-corrected chi connectivity index (χ3v) is 2.31. The van der Waals surface area contributed by atoms with Gasteiger partial charge >= 0.3 is 0 Å². The van der Waals surface area contributed by atoms with Crippen molar-refractivity contribution in [3.8, 4) is 0 Å². The monoisotopic (exact) mass is 270 g/mol. The molecule has 0 saturated heterocycles. The van der Waals surface area contributed by atoms with E-state index in [9.17, 15) is 19.2 Å². The molecule has 19 heavy (non-hydrogen) atoms. The fraction of sp³-hybridized carbons (Fsp3) is 0.733. The number of hydrogen-bond acceptors (Lipinski definition) is 4. The Hall–Kier alpha value is -1.32. The quantitative estimate of drug-likeness (QED) is 0.720. The van der Waals surface area contributed by atoms with Gasteiger partial charge in [0.25, 0.3) is 0 Å². The van der Waals surface area contributed by atoms with Gasteiger partial charge in [-0.3, -0.25) is 19.2 Å². The molecule has 0 spiro atoms. The van der Waals surface area contributed by atoms with E-state index in [1.54, 1.807) is 13.8 Å². The molecule has 0 aliphatic heterocycles. The first-order valence-corrected chi connectivity index (χ1v) is 6.42. The molecule has 0 rings (SSSR count). The van der Waals surface area contributed by atoms with Crippen LogP contribution in [0.3, 0.4) is 0 Å². The summed E-state index contributed by atoms with van der Waals surface area (Å²) in [5, 5.41) is 0. The maximum Gasteiger partial charge on any atom is 0.145 e.